The summed E-state index contributed by atoms with van der Waals surface area (Å²) in [5.41, 5.74) is 1.64. The lowest BCUT2D eigenvalue weighted by Gasteiger charge is -2.22. The number of carboxylic acids is 1. The second kappa shape index (κ2) is 7.17. The Kier molecular flexibility index (Phi) is 5.24. The van der Waals surface area contributed by atoms with Crippen LogP contribution in [0.15, 0.2) is 54.6 Å². The number of alkyl carbamates (subject to hydrolysis) is 1. The molecule has 5 heteroatoms. The molecule has 0 heterocycles. The van der Waals surface area contributed by atoms with Crippen molar-refractivity contribution in [3.63, 3.8) is 0 Å². The molecule has 0 aromatic heterocycles. The van der Waals surface area contributed by atoms with Crippen molar-refractivity contribution in [2.45, 2.75) is 32.4 Å². The zero-order chi connectivity index (χ0) is 17.7. The maximum Gasteiger partial charge on any atom is 0.408 e. The Morgan fingerprint density at radius 2 is 1.62 bits per heavy atom. The first kappa shape index (κ1) is 17.5. The number of hydrogen-bond acceptors (Lipinski definition) is 3. The minimum absolute atomic E-state index is 0.481. The van der Waals surface area contributed by atoms with Crippen LogP contribution in [0.2, 0.25) is 0 Å². The molecular formula is C19H21NO4. The number of hydrogen-bond donors (Lipinski definition) is 2. The summed E-state index contributed by atoms with van der Waals surface area (Å²) in [6.45, 7) is 5.16. The minimum Gasteiger partial charge on any atom is -0.479 e. The fourth-order valence-corrected chi connectivity index (χ4v) is 2.24. The van der Waals surface area contributed by atoms with E-state index in [2.05, 4.69) is 5.32 Å². The van der Waals surface area contributed by atoms with Crippen LogP contribution in [0.4, 0.5) is 4.79 Å². The highest BCUT2D eigenvalue weighted by Crippen LogP contribution is 2.23. The van der Waals surface area contributed by atoms with Crippen molar-refractivity contribution < 1.29 is 19.4 Å². The van der Waals surface area contributed by atoms with Crippen LogP contribution < -0.4 is 5.32 Å². The largest absolute Gasteiger partial charge is 0.479 e. The van der Waals surface area contributed by atoms with Crippen molar-refractivity contribution in [3.05, 3.63) is 60.2 Å². The summed E-state index contributed by atoms with van der Waals surface area (Å²) in [4.78, 5) is 23.5. The van der Waals surface area contributed by atoms with Crippen molar-refractivity contribution >= 4 is 12.1 Å². The molecule has 0 unspecified atom stereocenters. The summed E-state index contributed by atoms with van der Waals surface area (Å²) in [6.07, 6.45) is -0.764. The molecule has 0 saturated carbocycles. The minimum atomic E-state index is -1.18. The highest BCUT2D eigenvalue weighted by Gasteiger charge is 2.25. The van der Waals surface area contributed by atoms with E-state index < -0.39 is 23.7 Å². The number of benzene rings is 2. The third kappa shape index (κ3) is 4.84. The Morgan fingerprint density at radius 1 is 1.00 bits per heavy atom. The lowest BCUT2D eigenvalue weighted by Crippen LogP contribution is -2.38. The lowest BCUT2D eigenvalue weighted by atomic mass is 9.99. The second-order valence-corrected chi connectivity index (χ2v) is 6.41. The predicted molar refractivity (Wildman–Crippen MR) is 91.6 cm³/mol. The van der Waals surface area contributed by atoms with Gasteiger partial charge in [-0.15, -0.1) is 0 Å². The van der Waals surface area contributed by atoms with Gasteiger partial charge in [0, 0.05) is 0 Å². The number of aliphatic carboxylic acids is 1. The molecule has 2 N–H and O–H groups in total. The molecule has 2 rings (SSSR count). The van der Waals surface area contributed by atoms with Gasteiger partial charge in [0.05, 0.1) is 0 Å². The maximum absolute atomic E-state index is 11.9. The van der Waals surface area contributed by atoms with Gasteiger partial charge in [-0.05, 0) is 43.5 Å². The monoisotopic (exact) mass is 327 g/mol. The second-order valence-electron chi connectivity index (χ2n) is 6.41. The Labute approximate surface area is 141 Å². The normalized spacial score (nSPS) is 12.3. The molecule has 126 valence electrons. The van der Waals surface area contributed by atoms with Crippen LogP contribution in [0.25, 0.3) is 11.1 Å². The number of ether oxygens (including phenoxy) is 1. The first-order valence-electron chi connectivity index (χ1n) is 7.64. The number of amides is 1. The SMILES string of the molecule is CC(C)(C)OC(=O)N[C@H](C(=O)O)c1cccc(-c2ccccc2)c1. The molecule has 0 spiro atoms. The summed E-state index contributed by atoms with van der Waals surface area (Å²) in [5, 5.41) is 11.9. The van der Waals surface area contributed by atoms with Gasteiger partial charge in [0.15, 0.2) is 6.04 Å². The standard InChI is InChI=1S/C19H21NO4/c1-19(2,3)24-18(23)20-16(17(21)22)15-11-7-10-14(12-15)13-8-5-4-6-9-13/h4-12,16H,1-3H3,(H,20,23)(H,21,22)/t16-/m0/s1. The molecule has 0 fully saturated rings. The van der Waals surface area contributed by atoms with E-state index in [0.29, 0.717) is 5.56 Å². The van der Waals surface area contributed by atoms with Gasteiger partial charge in [0.25, 0.3) is 0 Å². The van der Waals surface area contributed by atoms with Crippen LogP contribution in [-0.4, -0.2) is 22.8 Å². The van der Waals surface area contributed by atoms with Crippen LogP contribution in [-0.2, 0) is 9.53 Å². The predicted octanol–water partition coefficient (Wildman–Crippen LogP) is 4.00. The summed E-state index contributed by atoms with van der Waals surface area (Å²) in [7, 11) is 0. The van der Waals surface area contributed by atoms with Crippen LogP contribution >= 0.6 is 0 Å². The number of carboxylic acid groups (broad SMARTS) is 1. The summed E-state index contributed by atoms with van der Waals surface area (Å²) >= 11 is 0. The van der Waals surface area contributed by atoms with Gasteiger partial charge >= 0.3 is 12.1 Å². The third-order valence-corrected chi connectivity index (χ3v) is 3.24. The summed E-state index contributed by atoms with van der Waals surface area (Å²) < 4.78 is 5.14. The van der Waals surface area contributed by atoms with E-state index in [-0.39, 0.29) is 0 Å². The van der Waals surface area contributed by atoms with Crippen LogP contribution in [0, 0.1) is 0 Å². The van der Waals surface area contributed by atoms with E-state index in [9.17, 15) is 14.7 Å². The van der Waals surface area contributed by atoms with Gasteiger partial charge in [-0.25, -0.2) is 9.59 Å². The molecule has 5 nitrogen and oxygen atoms in total. The van der Waals surface area contributed by atoms with Gasteiger partial charge in [-0.2, -0.15) is 0 Å². The molecule has 0 aliphatic heterocycles. The zero-order valence-electron chi connectivity index (χ0n) is 13.9. The van der Waals surface area contributed by atoms with E-state index in [1.54, 1.807) is 39.0 Å². The number of rotatable bonds is 4. The molecule has 0 aliphatic rings. The van der Waals surface area contributed by atoms with Crippen molar-refractivity contribution in [2.24, 2.45) is 0 Å². The molecule has 24 heavy (non-hydrogen) atoms. The van der Waals surface area contributed by atoms with E-state index in [4.69, 9.17) is 4.74 Å². The highest BCUT2D eigenvalue weighted by molar-refractivity contribution is 5.82. The van der Waals surface area contributed by atoms with Crippen LogP contribution in [0.3, 0.4) is 0 Å². The van der Waals surface area contributed by atoms with Crippen molar-refractivity contribution in [1.29, 1.82) is 0 Å². The lowest BCUT2D eigenvalue weighted by molar-refractivity contribution is -0.139. The average Bonchev–Trinajstić information content (AvgIpc) is 2.52. The Hall–Kier alpha value is -2.82. The summed E-state index contributed by atoms with van der Waals surface area (Å²) in [6, 6.07) is 15.5. The molecule has 1 amide bonds. The van der Waals surface area contributed by atoms with E-state index in [0.717, 1.165) is 11.1 Å². The van der Waals surface area contributed by atoms with Gasteiger partial charge in [-0.1, -0.05) is 48.5 Å². The molecule has 2 aromatic rings. The van der Waals surface area contributed by atoms with Gasteiger partial charge in [0.2, 0.25) is 0 Å². The van der Waals surface area contributed by atoms with Crippen LogP contribution in [0.5, 0.6) is 0 Å². The number of nitrogens with one attached hydrogen (secondary N) is 1. The van der Waals surface area contributed by atoms with E-state index >= 15 is 0 Å². The number of carbonyl (C=O) groups excluding carboxylic acids is 1. The van der Waals surface area contributed by atoms with Crippen molar-refractivity contribution in [3.8, 4) is 11.1 Å². The van der Waals surface area contributed by atoms with Crippen molar-refractivity contribution in [1.82, 2.24) is 5.32 Å². The van der Waals surface area contributed by atoms with E-state index in [1.165, 1.54) is 0 Å². The Bertz CT molecular complexity index is 720. The molecule has 0 aliphatic carbocycles. The van der Waals surface area contributed by atoms with Crippen LogP contribution in [0.1, 0.15) is 32.4 Å². The average molecular weight is 327 g/mol. The van der Waals surface area contributed by atoms with Gasteiger partial charge in [-0.3, -0.25) is 0 Å². The third-order valence-electron chi connectivity index (χ3n) is 3.24. The Morgan fingerprint density at radius 3 is 2.21 bits per heavy atom. The topological polar surface area (TPSA) is 75.6 Å². The fraction of sp³-hybridized carbons (Fsp3) is 0.263. The molecule has 0 bridgehead atoms. The molecule has 2 aromatic carbocycles. The summed E-state index contributed by atoms with van der Waals surface area (Å²) in [5.74, 6) is -1.15. The molecule has 1 atom stereocenters. The quantitative estimate of drug-likeness (QED) is 0.890. The maximum atomic E-state index is 11.9. The first-order chi connectivity index (χ1) is 11.3. The zero-order valence-corrected chi connectivity index (χ0v) is 13.9. The van der Waals surface area contributed by atoms with E-state index in [1.807, 2.05) is 36.4 Å². The first-order valence-corrected chi connectivity index (χ1v) is 7.64. The van der Waals surface area contributed by atoms with Crippen molar-refractivity contribution in [2.75, 3.05) is 0 Å². The van der Waals surface area contributed by atoms with Gasteiger partial charge in [0.1, 0.15) is 5.60 Å². The molecule has 0 radical (unpaired) electrons. The highest BCUT2D eigenvalue weighted by atomic mass is 16.6. The molecule has 0 saturated heterocycles. The smallest absolute Gasteiger partial charge is 0.408 e. The molecular weight excluding hydrogens is 306 g/mol. The number of carbonyl (C=O) groups is 2. The van der Waals surface area contributed by atoms with Gasteiger partial charge < -0.3 is 15.2 Å². The Balaban J connectivity index is 2.26. The fourth-order valence-electron chi connectivity index (χ4n) is 2.24.